The molecule has 0 atom stereocenters. The van der Waals surface area contributed by atoms with Crippen LogP contribution in [-0.4, -0.2) is 20.8 Å². The maximum absolute atomic E-state index is 5.47. The second kappa shape index (κ2) is 7.13. The third-order valence-corrected chi connectivity index (χ3v) is 3.60. The highest BCUT2D eigenvalue weighted by Crippen LogP contribution is 2.29. The molecule has 1 aromatic carbocycles. The van der Waals surface area contributed by atoms with Crippen LogP contribution in [0.1, 0.15) is 52.2 Å². The Balaban J connectivity index is 2.95. The number of hydrogen-bond donors (Lipinski definition) is 0. The lowest BCUT2D eigenvalue weighted by Crippen LogP contribution is -2.17. The van der Waals surface area contributed by atoms with Crippen molar-refractivity contribution in [2.24, 2.45) is 5.41 Å². The fourth-order valence-corrected chi connectivity index (χ4v) is 2.29. The Hall–Kier alpha value is -1.28. The summed E-state index contributed by atoms with van der Waals surface area (Å²) in [5.74, 6) is 0.920. The van der Waals surface area contributed by atoms with E-state index >= 15 is 0 Å². The van der Waals surface area contributed by atoms with Crippen LogP contribution >= 0.6 is 0 Å². The topological polar surface area (TPSA) is 18.5 Å². The van der Waals surface area contributed by atoms with Crippen LogP contribution in [0, 0.1) is 5.41 Å². The van der Waals surface area contributed by atoms with Gasteiger partial charge in [-0.05, 0) is 34.9 Å². The number of benzene rings is 1. The first kappa shape index (κ1) is 17.8. The van der Waals surface area contributed by atoms with Crippen LogP contribution in [0.5, 0.6) is 5.75 Å². The molecule has 0 spiro atoms. The van der Waals surface area contributed by atoms with E-state index in [1.54, 1.807) is 14.2 Å². The maximum Gasteiger partial charge on any atom is 0.126 e. The molecule has 0 bridgehead atoms. The number of hydrogen-bond acceptors (Lipinski definition) is 2. The van der Waals surface area contributed by atoms with Crippen molar-refractivity contribution in [3.8, 4) is 5.75 Å². The Kier molecular flexibility index (Phi) is 6.03. The first-order valence-electron chi connectivity index (χ1n) is 7.53. The first-order valence-corrected chi connectivity index (χ1v) is 7.53. The summed E-state index contributed by atoms with van der Waals surface area (Å²) in [7, 11) is 3.47. The van der Waals surface area contributed by atoms with Crippen LogP contribution in [0.15, 0.2) is 24.3 Å². The van der Waals surface area contributed by atoms with Crippen LogP contribution in [-0.2, 0) is 10.2 Å². The van der Waals surface area contributed by atoms with Crippen molar-refractivity contribution >= 4 is 6.08 Å². The standard InChI is InChI=1S/C19H30O2/c1-18(2,3)16-10-11-17(21-7)15(13-16)9-8-12-19(4,5)14-20-6/h8-11,13H,12,14H2,1-7H3/b9-8+. The van der Waals surface area contributed by atoms with Gasteiger partial charge in [0.1, 0.15) is 5.75 Å². The molecule has 1 rings (SSSR count). The molecule has 0 saturated heterocycles. The molecule has 2 nitrogen and oxygen atoms in total. The molecule has 0 amide bonds. The third-order valence-electron chi connectivity index (χ3n) is 3.60. The average Bonchev–Trinajstić information content (AvgIpc) is 2.37. The van der Waals surface area contributed by atoms with Gasteiger partial charge in [0.15, 0.2) is 0 Å². The van der Waals surface area contributed by atoms with Crippen LogP contribution in [0.2, 0.25) is 0 Å². The minimum absolute atomic E-state index is 0.143. The summed E-state index contributed by atoms with van der Waals surface area (Å²) in [6.07, 6.45) is 5.35. The predicted octanol–water partition coefficient (Wildman–Crippen LogP) is 5.07. The van der Waals surface area contributed by atoms with Gasteiger partial charge in [0.25, 0.3) is 0 Å². The van der Waals surface area contributed by atoms with E-state index in [4.69, 9.17) is 9.47 Å². The Morgan fingerprint density at radius 1 is 1.05 bits per heavy atom. The van der Waals surface area contributed by atoms with Crippen molar-refractivity contribution in [1.29, 1.82) is 0 Å². The molecule has 1 aromatic rings. The molecule has 0 heterocycles. The fourth-order valence-electron chi connectivity index (χ4n) is 2.29. The molecule has 2 heteroatoms. The van der Waals surface area contributed by atoms with Crippen LogP contribution < -0.4 is 4.74 Å². The van der Waals surface area contributed by atoms with E-state index in [-0.39, 0.29) is 10.8 Å². The summed E-state index contributed by atoms with van der Waals surface area (Å²) in [4.78, 5) is 0. The number of allylic oxidation sites excluding steroid dienone is 1. The molecule has 0 aliphatic heterocycles. The second-order valence-electron chi connectivity index (χ2n) is 7.41. The SMILES string of the molecule is COCC(C)(C)C/C=C/c1cc(C(C)(C)C)ccc1OC. The van der Waals surface area contributed by atoms with E-state index in [1.807, 2.05) is 0 Å². The summed E-state index contributed by atoms with van der Waals surface area (Å²) in [5.41, 5.74) is 2.75. The van der Waals surface area contributed by atoms with Gasteiger partial charge in [-0.1, -0.05) is 52.8 Å². The zero-order chi connectivity index (χ0) is 16.1. The number of rotatable bonds is 6. The average molecular weight is 290 g/mol. The van der Waals surface area contributed by atoms with Gasteiger partial charge in [0, 0.05) is 12.7 Å². The summed E-state index contributed by atoms with van der Waals surface area (Å²) < 4.78 is 10.7. The van der Waals surface area contributed by atoms with Gasteiger partial charge in [-0.3, -0.25) is 0 Å². The van der Waals surface area contributed by atoms with Gasteiger partial charge in [-0.15, -0.1) is 0 Å². The van der Waals surface area contributed by atoms with Crippen LogP contribution in [0.3, 0.4) is 0 Å². The smallest absolute Gasteiger partial charge is 0.126 e. The van der Waals surface area contributed by atoms with E-state index < -0.39 is 0 Å². The molecule has 0 aromatic heterocycles. The Morgan fingerprint density at radius 3 is 2.24 bits per heavy atom. The number of ether oxygens (including phenoxy) is 2. The summed E-state index contributed by atoms with van der Waals surface area (Å²) in [6.45, 7) is 11.9. The molecule has 21 heavy (non-hydrogen) atoms. The number of methoxy groups -OCH3 is 2. The van der Waals surface area contributed by atoms with Crippen molar-refractivity contribution < 1.29 is 9.47 Å². The monoisotopic (exact) mass is 290 g/mol. The summed E-state index contributed by atoms with van der Waals surface area (Å²) >= 11 is 0. The molecule has 0 aliphatic rings. The second-order valence-corrected chi connectivity index (χ2v) is 7.41. The maximum atomic E-state index is 5.47. The first-order chi connectivity index (χ1) is 9.69. The largest absolute Gasteiger partial charge is 0.496 e. The van der Waals surface area contributed by atoms with Gasteiger partial charge in [-0.2, -0.15) is 0 Å². The van der Waals surface area contributed by atoms with Gasteiger partial charge >= 0.3 is 0 Å². The van der Waals surface area contributed by atoms with Gasteiger partial charge in [0.2, 0.25) is 0 Å². The Labute approximate surface area is 130 Å². The third kappa shape index (κ3) is 5.55. The molecule has 0 N–H and O–H groups in total. The van der Waals surface area contributed by atoms with E-state index in [1.165, 1.54) is 5.56 Å². The summed E-state index contributed by atoms with van der Waals surface area (Å²) in [6, 6.07) is 6.42. The molecule has 0 saturated carbocycles. The lowest BCUT2D eigenvalue weighted by atomic mass is 9.85. The highest BCUT2D eigenvalue weighted by molar-refractivity contribution is 5.59. The Morgan fingerprint density at radius 2 is 1.71 bits per heavy atom. The molecule has 0 unspecified atom stereocenters. The fraction of sp³-hybridized carbons (Fsp3) is 0.579. The zero-order valence-corrected chi connectivity index (χ0v) is 14.6. The van der Waals surface area contributed by atoms with Crippen molar-refractivity contribution in [3.05, 3.63) is 35.4 Å². The van der Waals surface area contributed by atoms with Crippen molar-refractivity contribution in [3.63, 3.8) is 0 Å². The van der Waals surface area contributed by atoms with Gasteiger partial charge in [0.05, 0.1) is 13.7 Å². The lowest BCUT2D eigenvalue weighted by Gasteiger charge is -2.22. The van der Waals surface area contributed by atoms with Crippen molar-refractivity contribution in [1.82, 2.24) is 0 Å². The molecular formula is C19H30O2. The van der Waals surface area contributed by atoms with E-state index in [0.717, 1.165) is 24.3 Å². The molecule has 118 valence electrons. The minimum Gasteiger partial charge on any atom is -0.496 e. The van der Waals surface area contributed by atoms with Gasteiger partial charge < -0.3 is 9.47 Å². The van der Waals surface area contributed by atoms with Crippen LogP contribution in [0.4, 0.5) is 0 Å². The molecule has 0 aliphatic carbocycles. The minimum atomic E-state index is 0.143. The van der Waals surface area contributed by atoms with E-state index in [2.05, 4.69) is 65.0 Å². The lowest BCUT2D eigenvalue weighted by molar-refractivity contribution is 0.106. The van der Waals surface area contributed by atoms with E-state index in [9.17, 15) is 0 Å². The molecule has 0 radical (unpaired) electrons. The van der Waals surface area contributed by atoms with E-state index in [0.29, 0.717) is 0 Å². The van der Waals surface area contributed by atoms with Crippen LogP contribution in [0.25, 0.3) is 6.08 Å². The normalized spacial score (nSPS) is 12.9. The quantitative estimate of drug-likeness (QED) is 0.728. The van der Waals surface area contributed by atoms with Gasteiger partial charge in [-0.25, -0.2) is 0 Å². The van der Waals surface area contributed by atoms with Crippen molar-refractivity contribution in [2.45, 2.75) is 46.5 Å². The molecular weight excluding hydrogens is 260 g/mol. The molecule has 0 fully saturated rings. The Bertz CT molecular complexity index is 479. The zero-order valence-electron chi connectivity index (χ0n) is 14.6. The highest BCUT2D eigenvalue weighted by atomic mass is 16.5. The predicted molar refractivity (Wildman–Crippen MR) is 91.0 cm³/mol. The van der Waals surface area contributed by atoms with Crippen molar-refractivity contribution in [2.75, 3.05) is 20.8 Å². The highest BCUT2D eigenvalue weighted by Gasteiger charge is 2.17. The summed E-state index contributed by atoms with van der Waals surface area (Å²) in [5, 5.41) is 0.